The van der Waals surface area contributed by atoms with E-state index in [4.69, 9.17) is 16.3 Å². The van der Waals surface area contributed by atoms with Crippen LogP contribution in [0.5, 0.6) is 5.75 Å². The molecule has 0 aromatic heterocycles. The monoisotopic (exact) mass is 312 g/mol. The Labute approximate surface area is 130 Å². The smallest absolute Gasteiger partial charge is 0.171 e. The summed E-state index contributed by atoms with van der Waals surface area (Å²) in [5.74, 6) is -0.0598. The molecule has 1 N–H and O–H groups in total. The highest BCUT2D eigenvalue weighted by molar-refractivity contribution is 6.31. The van der Waals surface area contributed by atoms with Gasteiger partial charge in [-0.05, 0) is 49.9 Å². The van der Waals surface area contributed by atoms with Gasteiger partial charge in [-0.3, -0.25) is 4.90 Å². The summed E-state index contributed by atoms with van der Waals surface area (Å²) >= 11 is 6.18. The SMILES string of the molecule is COc1ccc(Cl)c(CN2CCC3(CCCNC3)C2)c1F. The molecule has 1 atom stereocenters. The third-order valence-electron chi connectivity index (χ3n) is 4.83. The average molecular weight is 313 g/mol. The molecule has 5 heteroatoms. The van der Waals surface area contributed by atoms with Crippen LogP contribution in [0, 0.1) is 11.2 Å². The molecule has 21 heavy (non-hydrogen) atoms. The van der Waals surface area contributed by atoms with Crippen molar-refractivity contribution < 1.29 is 9.13 Å². The van der Waals surface area contributed by atoms with Gasteiger partial charge in [-0.2, -0.15) is 0 Å². The predicted octanol–water partition coefficient (Wildman–Crippen LogP) is 3.06. The molecule has 2 aliphatic heterocycles. The zero-order chi connectivity index (χ0) is 14.9. The van der Waals surface area contributed by atoms with E-state index >= 15 is 0 Å². The maximum atomic E-state index is 14.4. The Morgan fingerprint density at radius 1 is 1.43 bits per heavy atom. The lowest BCUT2D eigenvalue weighted by atomic mass is 9.80. The standard InChI is InChI=1S/C16H22ClFN2O/c1-21-14-4-3-13(17)12(15(14)18)9-20-8-6-16(11-20)5-2-7-19-10-16/h3-4,19H,2,5-11H2,1H3. The highest BCUT2D eigenvalue weighted by atomic mass is 35.5. The number of halogens is 2. The fourth-order valence-corrected chi connectivity index (χ4v) is 3.85. The summed E-state index contributed by atoms with van der Waals surface area (Å²) in [4.78, 5) is 2.32. The average Bonchev–Trinajstić information content (AvgIpc) is 2.87. The van der Waals surface area contributed by atoms with Gasteiger partial charge in [0.15, 0.2) is 11.6 Å². The molecule has 1 spiro atoms. The van der Waals surface area contributed by atoms with Crippen LogP contribution >= 0.6 is 11.6 Å². The number of hydrogen-bond donors (Lipinski definition) is 1. The first-order valence-corrected chi connectivity index (χ1v) is 7.95. The molecule has 0 amide bonds. The molecule has 1 aromatic rings. The zero-order valence-electron chi connectivity index (χ0n) is 12.4. The number of ether oxygens (including phenoxy) is 1. The Morgan fingerprint density at radius 2 is 2.29 bits per heavy atom. The molecule has 2 saturated heterocycles. The second-order valence-electron chi connectivity index (χ2n) is 6.28. The highest BCUT2D eigenvalue weighted by Crippen LogP contribution is 2.38. The Bertz CT molecular complexity index is 517. The van der Waals surface area contributed by atoms with E-state index in [9.17, 15) is 4.39 Å². The third-order valence-corrected chi connectivity index (χ3v) is 5.18. The number of nitrogens with one attached hydrogen (secondary N) is 1. The van der Waals surface area contributed by atoms with Crippen LogP contribution in [0.3, 0.4) is 0 Å². The largest absolute Gasteiger partial charge is 0.494 e. The number of methoxy groups -OCH3 is 1. The van der Waals surface area contributed by atoms with Crippen molar-refractivity contribution in [3.8, 4) is 5.75 Å². The summed E-state index contributed by atoms with van der Waals surface area (Å²) in [7, 11) is 1.48. The summed E-state index contributed by atoms with van der Waals surface area (Å²) in [6.07, 6.45) is 3.69. The molecule has 3 rings (SSSR count). The molecule has 2 fully saturated rings. The number of benzene rings is 1. The molecule has 1 aromatic carbocycles. The number of likely N-dealkylation sites (tertiary alicyclic amines) is 1. The van der Waals surface area contributed by atoms with Crippen LogP contribution in [0.2, 0.25) is 5.02 Å². The highest BCUT2D eigenvalue weighted by Gasteiger charge is 2.39. The van der Waals surface area contributed by atoms with Crippen molar-refractivity contribution in [2.24, 2.45) is 5.41 Å². The van der Waals surface area contributed by atoms with E-state index in [0.29, 0.717) is 22.5 Å². The molecule has 3 nitrogen and oxygen atoms in total. The summed E-state index contributed by atoms with van der Waals surface area (Å²) in [6.45, 7) is 4.79. The first kappa shape index (κ1) is 15.1. The fourth-order valence-electron chi connectivity index (χ4n) is 3.64. The summed E-state index contributed by atoms with van der Waals surface area (Å²) in [6, 6.07) is 3.30. The maximum absolute atomic E-state index is 14.4. The van der Waals surface area contributed by atoms with Crippen molar-refractivity contribution in [2.75, 3.05) is 33.3 Å². The van der Waals surface area contributed by atoms with Crippen molar-refractivity contribution in [2.45, 2.75) is 25.8 Å². The van der Waals surface area contributed by atoms with E-state index in [0.717, 1.165) is 26.2 Å². The second-order valence-corrected chi connectivity index (χ2v) is 6.69. The molecule has 0 radical (unpaired) electrons. The molecule has 2 heterocycles. The molecule has 116 valence electrons. The van der Waals surface area contributed by atoms with Crippen LogP contribution in [-0.2, 0) is 6.54 Å². The molecule has 0 aliphatic carbocycles. The fraction of sp³-hybridized carbons (Fsp3) is 0.625. The van der Waals surface area contributed by atoms with E-state index < -0.39 is 0 Å². The summed E-state index contributed by atoms with van der Waals surface area (Å²) in [5, 5.41) is 3.98. The molecule has 0 bridgehead atoms. The van der Waals surface area contributed by atoms with Crippen molar-refractivity contribution in [3.05, 3.63) is 28.5 Å². The first-order chi connectivity index (χ1) is 10.1. The van der Waals surface area contributed by atoms with Crippen LogP contribution in [-0.4, -0.2) is 38.2 Å². The van der Waals surface area contributed by atoms with Crippen molar-refractivity contribution in [1.29, 1.82) is 0 Å². The van der Waals surface area contributed by atoms with E-state index in [1.807, 2.05) is 0 Å². The van der Waals surface area contributed by atoms with Crippen LogP contribution in [0.15, 0.2) is 12.1 Å². The summed E-state index contributed by atoms with van der Waals surface area (Å²) < 4.78 is 19.4. The van der Waals surface area contributed by atoms with Gasteiger partial charge in [0.25, 0.3) is 0 Å². The van der Waals surface area contributed by atoms with Gasteiger partial charge < -0.3 is 10.1 Å². The number of rotatable bonds is 3. The minimum Gasteiger partial charge on any atom is -0.494 e. The normalized spacial score (nSPS) is 26.4. The number of nitrogens with zero attached hydrogens (tertiary/aromatic N) is 1. The Kier molecular flexibility index (Phi) is 4.38. The lowest BCUT2D eigenvalue weighted by molar-refractivity contribution is 0.198. The first-order valence-electron chi connectivity index (χ1n) is 7.57. The van der Waals surface area contributed by atoms with Crippen LogP contribution in [0.25, 0.3) is 0 Å². The molecular formula is C16H22ClFN2O. The molecular weight excluding hydrogens is 291 g/mol. The van der Waals surface area contributed by atoms with Gasteiger partial charge in [-0.15, -0.1) is 0 Å². The predicted molar refractivity (Wildman–Crippen MR) is 82.4 cm³/mol. The molecule has 2 aliphatic rings. The second kappa shape index (κ2) is 6.11. The lowest BCUT2D eigenvalue weighted by Crippen LogP contribution is -2.41. The quantitative estimate of drug-likeness (QED) is 0.928. The van der Waals surface area contributed by atoms with Crippen molar-refractivity contribution in [1.82, 2.24) is 10.2 Å². The van der Waals surface area contributed by atoms with Crippen LogP contribution < -0.4 is 10.1 Å². The van der Waals surface area contributed by atoms with Gasteiger partial charge in [0.2, 0.25) is 0 Å². The third kappa shape index (κ3) is 3.03. The lowest BCUT2D eigenvalue weighted by Gasteiger charge is -2.34. The van der Waals surface area contributed by atoms with Crippen molar-refractivity contribution in [3.63, 3.8) is 0 Å². The van der Waals surface area contributed by atoms with E-state index in [-0.39, 0.29) is 11.6 Å². The van der Waals surface area contributed by atoms with Crippen LogP contribution in [0.4, 0.5) is 4.39 Å². The maximum Gasteiger partial charge on any atom is 0.171 e. The summed E-state index contributed by atoms with van der Waals surface area (Å²) in [5.41, 5.74) is 0.928. The van der Waals surface area contributed by atoms with Crippen molar-refractivity contribution >= 4 is 11.6 Å². The number of hydrogen-bond acceptors (Lipinski definition) is 3. The molecule has 0 saturated carbocycles. The Morgan fingerprint density at radius 3 is 3.00 bits per heavy atom. The van der Waals surface area contributed by atoms with Gasteiger partial charge in [0.1, 0.15) is 0 Å². The Balaban J connectivity index is 1.73. The van der Waals surface area contributed by atoms with Gasteiger partial charge >= 0.3 is 0 Å². The van der Waals surface area contributed by atoms with E-state index in [2.05, 4.69) is 10.2 Å². The van der Waals surface area contributed by atoms with E-state index in [1.54, 1.807) is 12.1 Å². The van der Waals surface area contributed by atoms with E-state index in [1.165, 1.54) is 26.4 Å². The van der Waals surface area contributed by atoms with Gasteiger partial charge in [0, 0.05) is 30.2 Å². The number of piperidine rings is 1. The zero-order valence-corrected chi connectivity index (χ0v) is 13.2. The van der Waals surface area contributed by atoms with Gasteiger partial charge in [-0.25, -0.2) is 4.39 Å². The van der Waals surface area contributed by atoms with Crippen LogP contribution in [0.1, 0.15) is 24.8 Å². The Hall–Kier alpha value is -0.840. The topological polar surface area (TPSA) is 24.5 Å². The minimum atomic E-state index is -0.326. The molecule has 1 unspecified atom stereocenters. The minimum absolute atomic E-state index is 0.266. The van der Waals surface area contributed by atoms with Gasteiger partial charge in [0.05, 0.1) is 7.11 Å². The van der Waals surface area contributed by atoms with Gasteiger partial charge in [-0.1, -0.05) is 11.6 Å².